The van der Waals surface area contributed by atoms with Crippen LogP contribution in [-0.2, 0) is 0 Å². The Morgan fingerprint density at radius 2 is 0.831 bits per heavy atom. The fraction of sp³-hybridized carbons (Fsp3) is 0. The van der Waals surface area contributed by atoms with Gasteiger partial charge in [0.25, 0.3) is 0 Å². The Morgan fingerprint density at radius 3 is 1.49 bits per heavy atom. The molecule has 0 N–H and O–H groups in total. The molecule has 276 valence electrons. The van der Waals surface area contributed by atoms with Crippen LogP contribution in [0.4, 0.5) is 0 Å². The fourth-order valence-corrected chi connectivity index (χ4v) is 8.14. The van der Waals surface area contributed by atoms with E-state index in [0.29, 0.717) is 23.3 Å². The molecule has 59 heavy (non-hydrogen) atoms. The van der Waals surface area contributed by atoms with Gasteiger partial charge in [-0.2, -0.15) is 0 Å². The molecule has 0 atom stereocenters. The molecule has 11 rings (SSSR count). The maximum atomic E-state index is 5.42. The van der Waals surface area contributed by atoms with Crippen LogP contribution in [0.2, 0.25) is 0 Å². The summed E-state index contributed by atoms with van der Waals surface area (Å²) in [4.78, 5) is 25.9. The quantitative estimate of drug-likeness (QED) is 0.162. The molecule has 0 spiro atoms. The van der Waals surface area contributed by atoms with E-state index in [4.69, 9.17) is 24.9 Å². The lowest BCUT2D eigenvalue weighted by atomic mass is 9.99. The molecule has 0 amide bonds. The molecular formula is C53H34N6. The molecule has 3 heterocycles. The van der Waals surface area contributed by atoms with Crippen molar-refractivity contribution < 1.29 is 0 Å². The highest BCUT2D eigenvalue weighted by atomic mass is 15.0. The second-order valence-corrected chi connectivity index (χ2v) is 14.5. The molecule has 6 nitrogen and oxygen atoms in total. The van der Waals surface area contributed by atoms with E-state index >= 15 is 0 Å². The van der Waals surface area contributed by atoms with Crippen molar-refractivity contribution in [3.8, 4) is 73.6 Å². The molecule has 0 saturated heterocycles. The summed E-state index contributed by atoms with van der Waals surface area (Å²) in [5.41, 5.74) is 11.7. The van der Waals surface area contributed by atoms with Crippen molar-refractivity contribution in [2.75, 3.05) is 0 Å². The third-order valence-corrected chi connectivity index (χ3v) is 10.9. The van der Waals surface area contributed by atoms with Crippen LogP contribution in [0.5, 0.6) is 0 Å². The molecule has 0 saturated carbocycles. The van der Waals surface area contributed by atoms with Crippen LogP contribution in [0.15, 0.2) is 206 Å². The van der Waals surface area contributed by atoms with Crippen molar-refractivity contribution in [2.24, 2.45) is 0 Å². The zero-order valence-corrected chi connectivity index (χ0v) is 31.8. The topological polar surface area (TPSA) is 69.4 Å². The Bertz CT molecular complexity index is 3250. The third-order valence-electron chi connectivity index (χ3n) is 10.9. The average Bonchev–Trinajstić information content (AvgIpc) is 3.66. The van der Waals surface area contributed by atoms with E-state index in [1.54, 1.807) is 0 Å². The lowest BCUT2D eigenvalue weighted by Crippen LogP contribution is -2.03. The van der Waals surface area contributed by atoms with E-state index in [9.17, 15) is 0 Å². The van der Waals surface area contributed by atoms with Gasteiger partial charge in [0.15, 0.2) is 23.3 Å². The number of aromatic nitrogens is 6. The van der Waals surface area contributed by atoms with Crippen molar-refractivity contribution >= 4 is 32.7 Å². The maximum absolute atomic E-state index is 5.42. The molecule has 0 aliphatic carbocycles. The van der Waals surface area contributed by atoms with Gasteiger partial charge in [0, 0.05) is 44.0 Å². The molecule has 0 unspecified atom stereocenters. The highest BCUT2D eigenvalue weighted by Crippen LogP contribution is 2.42. The Balaban J connectivity index is 1.22. The van der Waals surface area contributed by atoms with Crippen LogP contribution < -0.4 is 0 Å². The van der Waals surface area contributed by atoms with E-state index in [2.05, 4.69) is 132 Å². The second-order valence-electron chi connectivity index (χ2n) is 14.5. The van der Waals surface area contributed by atoms with Gasteiger partial charge in [-0.25, -0.2) is 24.9 Å². The Kier molecular flexibility index (Phi) is 8.37. The van der Waals surface area contributed by atoms with Gasteiger partial charge in [-0.15, -0.1) is 0 Å². The first-order valence-electron chi connectivity index (χ1n) is 19.7. The Labute approximate surface area is 340 Å². The summed E-state index contributed by atoms with van der Waals surface area (Å²) in [5.74, 6) is 2.36. The number of benzene rings is 8. The number of hydrogen-bond donors (Lipinski definition) is 0. The van der Waals surface area contributed by atoms with Crippen molar-refractivity contribution in [1.29, 1.82) is 0 Å². The van der Waals surface area contributed by atoms with E-state index in [1.807, 2.05) is 78.9 Å². The molecule has 0 fully saturated rings. The van der Waals surface area contributed by atoms with Gasteiger partial charge in [-0.3, -0.25) is 0 Å². The summed E-state index contributed by atoms with van der Waals surface area (Å²) in [7, 11) is 0. The van der Waals surface area contributed by atoms with E-state index < -0.39 is 0 Å². The molecule has 0 aliphatic rings. The van der Waals surface area contributed by atoms with Crippen molar-refractivity contribution in [3.05, 3.63) is 206 Å². The fourth-order valence-electron chi connectivity index (χ4n) is 8.14. The Hall–Kier alpha value is -8.09. The summed E-state index contributed by atoms with van der Waals surface area (Å²) in [5, 5.41) is 3.34. The third kappa shape index (κ3) is 6.11. The van der Waals surface area contributed by atoms with Gasteiger partial charge in [0.2, 0.25) is 0 Å². The van der Waals surface area contributed by atoms with Gasteiger partial charge in [-0.05, 0) is 47.5 Å². The standard InChI is InChI=1S/C53H34N6/c1-5-18-35(19-6-1)40-28-17-31-47-48(40)42-27-14-16-30-45(42)59(47)46-33-32-39(52-57-50(37-22-9-3-10-23-37)56-51(58-52)38-24-11-4-12-25-38)34-43(46)53-54-44-29-15-13-26-41(44)49(55-53)36-20-7-2-8-21-36/h1-34H. The zero-order valence-electron chi connectivity index (χ0n) is 31.8. The Morgan fingerprint density at radius 1 is 0.305 bits per heavy atom. The van der Waals surface area contributed by atoms with Crippen LogP contribution >= 0.6 is 0 Å². The minimum atomic E-state index is 0.558. The molecular weight excluding hydrogens is 721 g/mol. The monoisotopic (exact) mass is 754 g/mol. The van der Waals surface area contributed by atoms with Crippen molar-refractivity contribution in [1.82, 2.24) is 29.5 Å². The SMILES string of the molecule is c1ccc(-c2nc(-c3ccccc3)nc(-c3ccc(-n4c5ccccc5c5c(-c6ccccc6)cccc54)c(-c4nc(-c5ccccc5)c5ccccc5n4)c3)n2)cc1. The van der Waals surface area contributed by atoms with Crippen LogP contribution in [0, 0.1) is 0 Å². The lowest BCUT2D eigenvalue weighted by Gasteiger charge is -2.17. The van der Waals surface area contributed by atoms with E-state index in [0.717, 1.165) is 61.1 Å². The van der Waals surface area contributed by atoms with Gasteiger partial charge in [0.1, 0.15) is 0 Å². The van der Waals surface area contributed by atoms with Gasteiger partial charge in [0.05, 0.1) is 27.9 Å². The minimum Gasteiger partial charge on any atom is -0.308 e. The molecule has 0 bridgehead atoms. The average molecular weight is 755 g/mol. The molecule has 0 radical (unpaired) electrons. The molecule has 11 aromatic rings. The maximum Gasteiger partial charge on any atom is 0.164 e. The summed E-state index contributed by atoms with van der Waals surface area (Å²) < 4.78 is 2.36. The summed E-state index contributed by atoms with van der Waals surface area (Å²) >= 11 is 0. The first kappa shape index (κ1) is 34.2. The number of hydrogen-bond acceptors (Lipinski definition) is 5. The van der Waals surface area contributed by atoms with Gasteiger partial charge >= 0.3 is 0 Å². The van der Waals surface area contributed by atoms with E-state index in [1.165, 1.54) is 21.9 Å². The van der Waals surface area contributed by atoms with Crippen LogP contribution in [-0.4, -0.2) is 29.5 Å². The predicted octanol–water partition coefficient (Wildman–Crippen LogP) is 12.9. The summed E-state index contributed by atoms with van der Waals surface area (Å²) in [6.07, 6.45) is 0. The smallest absolute Gasteiger partial charge is 0.164 e. The normalized spacial score (nSPS) is 11.4. The zero-order chi connectivity index (χ0) is 39.1. The number of nitrogens with zero attached hydrogens (tertiary/aromatic N) is 6. The summed E-state index contributed by atoms with van der Waals surface area (Å²) in [6.45, 7) is 0. The molecule has 6 heteroatoms. The van der Waals surface area contributed by atoms with Crippen LogP contribution in [0.1, 0.15) is 0 Å². The number of fused-ring (bicyclic) bond motifs is 4. The molecule has 0 aliphatic heterocycles. The first-order valence-corrected chi connectivity index (χ1v) is 19.7. The number of rotatable bonds is 7. The lowest BCUT2D eigenvalue weighted by molar-refractivity contribution is 1.07. The highest BCUT2D eigenvalue weighted by molar-refractivity contribution is 6.16. The van der Waals surface area contributed by atoms with E-state index in [-0.39, 0.29) is 0 Å². The van der Waals surface area contributed by atoms with Gasteiger partial charge in [-0.1, -0.05) is 170 Å². The molecule has 8 aromatic carbocycles. The summed E-state index contributed by atoms with van der Waals surface area (Å²) in [6, 6.07) is 71.0. The highest BCUT2D eigenvalue weighted by Gasteiger charge is 2.22. The van der Waals surface area contributed by atoms with Crippen LogP contribution in [0.3, 0.4) is 0 Å². The van der Waals surface area contributed by atoms with Crippen LogP contribution in [0.25, 0.3) is 106 Å². The van der Waals surface area contributed by atoms with Crippen molar-refractivity contribution in [3.63, 3.8) is 0 Å². The second kappa shape index (κ2) is 14.4. The van der Waals surface area contributed by atoms with Crippen molar-refractivity contribution in [2.45, 2.75) is 0 Å². The first-order chi connectivity index (χ1) is 29.3. The molecule has 3 aromatic heterocycles. The minimum absolute atomic E-state index is 0.558. The number of para-hydroxylation sites is 2. The largest absolute Gasteiger partial charge is 0.308 e. The van der Waals surface area contributed by atoms with Gasteiger partial charge < -0.3 is 4.57 Å². The predicted molar refractivity (Wildman–Crippen MR) is 240 cm³/mol.